The summed E-state index contributed by atoms with van der Waals surface area (Å²) in [5.41, 5.74) is 0. The molecule has 0 bridgehead atoms. The fraction of sp³-hybridized carbons (Fsp3) is 0.200. The first-order valence-electron chi connectivity index (χ1n) is 4.51. The number of hydrogen-bond donors (Lipinski definition) is 1. The van der Waals surface area contributed by atoms with Crippen LogP contribution in [0.2, 0.25) is 0 Å². The largest absolute Gasteiger partial charge is 0.370 e. The van der Waals surface area contributed by atoms with E-state index in [0.29, 0.717) is 0 Å². The average molecular weight is 205 g/mol. The van der Waals surface area contributed by atoms with Crippen molar-refractivity contribution < 1.29 is 0 Å². The first kappa shape index (κ1) is 9.15. The highest BCUT2D eigenvalue weighted by Crippen LogP contribution is 2.21. The summed E-state index contributed by atoms with van der Waals surface area (Å²) in [6.07, 6.45) is 1.78. The van der Waals surface area contributed by atoms with Crippen molar-refractivity contribution in [1.82, 2.24) is 9.97 Å². The van der Waals surface area contributed by atoms with Crippen molar-refractivity contribution in [2.45, 2.75) is 6.92 Å². The third-order valence-electron chi connectivity index (χ3n) is 1.76. The maximum absolute atomic E-state index is 4.39. The predicted octanol–water partition coefficient (Wildman–Crippen LogP) is 2.64. The summed E-state index contributed by atoms with van der Waals surface area (Å²) < 4.78 is 0. The van der Waals surface area contributed by atoms with Crippen LogP contribution in [0.3, 0.4) is 0 Å². The molecule has 0 radical (unpaired) electrons. The number of anilines is 1. The third kappa shape index (κ3) is 1.90. The third-order valence-corrected chi connectivity index (χ3v) is 2.62. The van der Waals surface area contributed by atoms with Gasteiger partial charge in [0.15, 0.2) is 5.82 Å². The van der Waals surface area contributed by atoms with Crippen LogP contribution in [0.25, 0.3) is 10.7 Å². The molecule has 2 rings (SSSR count). The van der Waals surface area contributed by atoms with Gasteiger partial charge in [-0.2, -0.15) is 0 Å². The van der Waals surface area contributed by atoms with Gasteiger partial charge in [-0.15, -0.1) is 11.3 Å². The molecule has 0 aliphatic carbocycles. The van der Waals surface area contributed by atoms with Crippen LogP contribution in [0, 0.1) is 0 Å². The highest BCUT2D eigenvalue weighted by molar-refractivity contribution is 7.13. The van der Waals surface area contributed by atoms with Gasteiger partial charge in [0.2, 0.25) is 0 Å². The van der Waals surface area contributed by atoms with Gasteiger partial charge in [-0.05, 0) is 24.4 Å². The van der Waals surface area contributed by atoms with Gasteiger partial charge in [-0.25, -0.2) is 9.97 Å². The zero-order valence-corrected chi connectivity index (χ0v) is 8.71. The van der Waals surface area contributed by atoms with Gasteiger partial charge in [0, 0.05) is 12.7 Å². The van der Waals surface area contributed by atoms with Gasteiger partial charge in [0.25, 0.3) is 0 Å². The molecule has 2 heterocycles. The zero-order chi connectivity index (χ0) is 9.80. The summed E-state index contributed by atoms with van der Waals surface area (Å²) in [7, 11) is 0. The molecule has 2 aromatic rings. The molecule has 0 amide bonds. The molecule has 0 saturated heterocycles. The summed E-state index contributed by atoms with van der Waals surface area (Å²) in [6.45, 7) is 2.92. The lowest BCUT2D eigenvalue weighted by molar-refractivity contribution is 1.12. The maximum atomic E-state index is 4.39. The second-order valence-corrected chi connectivity index (χ2v) is 3.72. The van der Waals surface area contributed by atoms with Crippen LogP contribution in [0.15, 0.2) is 29.8 Å². The molecule has 0 aromatic carbocycles. The van der Waals surface area contributed by atoms with Gasteiger partial charge in [0.05, 0.1) is 4.88 Å². The van der Waals surface area contributed by atoms with Crippen molar-refractivity contribution in [3.8, 4) is 10.7 Å². The van der Waals surface area contributed by atoms with Gasteiger partial charge in [-0.1, -0.05) is 6.07 Å². The molecule has 0 unspecified atom stereocenters. The normalized spacial score (nSPS) is 10.1. The van der Waals surface area contributed by atoms with Crippen molar-refractivity contribution in [1.29, 1.82) is 0 Å². The van der Waals surface area contributed by atoms with E-state index in [1.165, 1.54) is 0 Å². The second kappa shape index (κ2) is 4.19. The lowest BCUT2D eigenvalue weighted by atomic mass is 10.4. The van der Waals surface area contributed by atoms with Crippen molar-refractivity contribution in [2.24, 2.45) is 0 Å². The van der Waals surface area contributed by atoms with Gasteiger partial charge < -0.3 is 5.32 Å². The van der Waals surface area contributed by atoms with E-state index >= 15 is 0 Å². The van der Waals surface area contributed by atoms with E-state index in [0.717, 1.165) is 23.1 Å². The van der Waals surface area contributed by atoms with E-state index in [1.54, 1.807) is 17.5 Å². The smallest absolute Gasteiger partial charge is 0.171 e. The maximum Gasteiger partial charge on any atom is 0.171 e. The molecule has 3 nitrogen and oxygen atoms in total. The Morgan fingerprint density at radius 2 is 2.36 bits per heavy atom. The number of hydrogen-bond acceptors (Lipinski definition) is 4. The average Bonchev–Trinajstić information content (AvgIpc) is 2.71. The Balaban J connectivity index is 2.31. The van der Waals surface area contributed by atoms with E-state index in [9.17, 15) is 0 Å². The summed E-state index contributed by atoms with van der Waals surface area (Å²) in [5.74, 6) is 1.67. The lowest BCUT2D eigenvalue weighted by Crippen LogP contribution is -2.00. The number of nitrogens with one attached hydrogen (secondary N) is 1. The SMILES string of the molecule is CCNc1ccnc(-c2cccs2)n1. The minimum atomic E-state index is 0.790. The molecule has 0 atom stereocenters. The van der Waals surface area contributed by atoms with E-state index < -0.39 is 0 Å². The predicted molar refractivity (Wildman–Crippen MR) is 59.5 cm³/mol. The zero-order valence-electron chi connectivity index (χ0n) is 7.90. The van der Waals surface area contributed by atoms with Crippen molar-refractivity contribution in [3.63, 3.8) is 0 Å². The minimum Gasteiger partial charge on any atom is -0.370 e. The topological polar surface area (TPSA) is 37.8 Å². The molecule has 14 heavy (non-hydrogen) atoms. The minimum absolute atomic E-state index is 0.790. The molecule has 2 aromatic heterocycles. The fourth-order valence-electron chi connectivity index (χ4n) is 1.16. The van der Waals surface area contributed by atoms with Crippen LogP contribution < -0.4 is 5.32 Å². The Labute approximate surface area is 86.8 Å². The molecule has 0 aliphatic heterocycles. The van der Waals surface area contributed by atoms with Crippen LogP contribution >= 0.6 is 11.3 Å². The first-order chi connectivity index (χ1) is 6.90. The van der Waals surface area contributed by atoms with Crippen LogP contribution in [0.5, 0.6) is 0 Å². The van der Waals surface area contributed by atoms with Crippen LogP contribution in [-0.2, 0) is 0 Å². The monoisotopic (exact) mass is 205 g/mol. The Kier molecular flexibility index (Phi) is 2.74. The second-order valence-electron chi connectivity index (χ2n) is 2.77. The molecule has 4 heteroatoms. The highest BCUT2D eigenvalue weighted by atomic mass is 32.1. The van der Waals surface area contributed by atoms with Gasteiger partial charge in [-0.3, -0.25) is 0 Å². The fourth-order valence-corrected chi connectivity index (χ4v) is 1.83. The molecular formula is C10H11N3S. The molecule has 1 N–H and O–H groups in total. The Morgan fingerprint density at radius 3 is 3.07 bits per heavy atom. The van der Waals surface area contributed by atoms with Gasteiger partial charge in [0.1, 0.15) is 5.82 Å². The quantitative estimate of drug-likeness (QED) is 0.837. The molecule has 0 fully saturated rings. The van der Waals surface area contributed by atoms with Crippen molar-refractivity contribution in [3.05, 3.63) is 29.8 Å². The Bertz CT molecular complexity index is 398. The number of thiophene rings is 1. The Hall–Kier alpha value is -1.42. The van der Waals surface area contributed by atoms with E-state index in [-0.39, 0.29) is 0 Å². The van der Waals surface area contributed by atoms with E-state index in [1.807, 2.05) is 30.5 Å². The lowest BCUT2D eigenvalue weighted by Gasteiger charge is -2.02. The van der Waals surface area contributed by atoms with E-state index in [2.05, 4.69) is 15.3 Å². The first-order valence-corrected chi connectivity index (χ1v) is 5.39. The van der Waals surface area contributed by atoms with Crippen molar-refractivity contribution >= 4 is 17.2 Å². The summed E-state index contributed by atoms with van der Waals surface area (Å²) >= 11 is 1.65. The standard InChI is InChI=1S/C10H11N3S/c1-2-11-9-5-6-12-10(13-9)8-4-3-7-14-8/h3-7H,2H2,1H3,(H,11,12,13). The number of nitrogens with zero attached hydrogens (tertiary/aromatic N) is 2. The molecule has 0 aliphatic rings. The molecule has 0 saturated carbocycles. The highest BCUT2D eigenvalue weighted by Gasteiger charge is 2.02. The number of aromatic nitrogens is 2. The number of rotatable bonds is 3. The summed E-state index contributed by atoms with van der Waals surface area (Å²) in [5, 5.41) is 5.19. The molecular weight excluding hydrogens is 194 g/mol. The van der Waals surface area contributed by atoms with Crippen molar-refractivity contribution in [2.75, 3.05) is 11.9 Å². The van der Waals surface area contributed by atoms with Crippen LogP contribution in [0.4, 0.5) is 5.82 Å². The van der Waals surface area contributed by atoms with E-state index in [4.69, 9.17) is 0 Å². The van der Waals surface area contributed by atoms with Crippen LogP contribution in [-0.4, -0.2) is 16.5 Å². The molecule has 72 valence electrons. The molecule has 0 spiro atoms. The van der Waals surface area contributed by atoms with Gasteiger partial charge >= 0.3 is 0 Å². The Morgan fingerprint density at radius 1 is 1.43 bits per heavy atom. The summed E-state index contributed by atoms with van der Waals surface area (Å²) in [4.78, 5) is 9.72. The van der Waals surface area contributed by atoms with Crippen LogP contribution in [0.1, 0.15) is 6.92 Å². The summed E-state index contributed by atoms with van der Waals surface area (Å²) in [6, 6.07) is 5.90.